The van der Waals surface area contributed by atoms with Crippen LogP contribution in [0, 0.1) is 0 Å². The minimum atomic E-state index is 0.473. The number of nitrogens with two attached hydrogens (primary N) is 1. The molecule has 0 radical (unpaired) electrons. The third-order valence-electron chi connectivity index (χ3n) is 2.19. The van der Waals surface area contributed by atoms with E-state index in [1.54, 1.807) is 12.3 Å². The van der Waals surface area contributed by atoms with Gasteiger partial charge in [0.25, 0.3) is 0 Å². The number of nitrogen functional groups attached to an aromatic ring is 1. The zero-order valence-electron chi connectivity index (χ0n) is 9.47. The van der Waals surface area contributed by atoms with Crippen LogP contribution in [0.5, 0.6) is 0 Å². The summed E-state index contributed by atoms with van der Waals surface area (Å²) in [4.78, 5) is 12.1. The average molecular weight is 234 g/mol. The Kier molecular flexibility index (Phi) is 3.51. The Labute approximate surface area is 98.4 Å². The first-order valence-corrected chi connectivity index (χ1v) is 5.28. The van der Waals surface area contributed by atoms with Gasteiger partial charge in [0.2, 0.25) is 5.89 Å². The second kappa shape index (κ2) is 5.26. The number of nitrogens with zero attached hydrogens (tertiary/aromatic N) is 3. The van der Waals surface area contributed by atoms with Crippen molar-refractivity contribution in [3.63, 3.8) is 0 Å². The molecule has 0 aliphatic heterocycles. The summed E-state index contributed by atoms with van der Waals surface area (Å²) < 4.78 is 5.45. The van der Waals surface area contributed by atoms with Gasteiger partial charge >= 0.3 is 0 Å². The number of hydrogen-bond acceptors (Lipinski definition) is 7. The lowest BCUT2D eigenvalue weighted by atomic mass is 10.4. The molecule has 0 aliphatic carbocycles. The molecular weight excluding hydrogens is 220 g/mol. The highest BCUT2D eigenvalue weighted by Gasteiger charge is 2.03. The van der Waals surface area contributed by atoms with E-state index in [2.05, 4.69) is 25.7 Å². The van der Waals surface area contributed by atoms with Crippen LogP contribution >= 0.6 is 0 Å². The van der Waals surface area contributed by atoms with E-state index in [4.69, 9.17) is 10.3 Å². The summed E-state index contributed by atoms with van der Waals surface area (Å²) in [5, 5.41) is 3.07. The van der Waals surface area contributed by atoms with Crippen molar-refractivity contribution in [1.29, 1.82) is 0 Å². The molecule has 0 atom stereocenters. The minimum Gasteiger partial charge on any atom is -0.444 e. The van der Waals surface area contributed by atoms with Crippen LogP contribution in [0.3, 0.4) is 0 Å². The molecule has 0 fully saturated rings. The van der Waals surface area contributed by atoms with Crippen LogP contribution in [0.4, 0.5) is 11.6 Å². The number of hydrogen-bond donors (Lipinski definition) is 3. The number of aromatic nitrogens is 3. The Balaban J connectivity index is 1.96. The van der Waals surface area contributed by atoms with Crippen LogP contribution in [0.2, 0.25) is 0 Å². The smallest absolute Gasteiger partial charge is 0.213 e. The fourth-order valence-electron chi connectivity index (χ4n) is 1.29. The van der Waals surface area contributed by atoms with E-state index >= 15 is 0 Å². The maximum atomic E-state index is 5.45. The zero-order valence-corrected chi connectivity index (χ0v) is 9.47. The lowest BCUT2D eigenvalue weighted by molar-refractivity contribution is 0.465. The van der Waals surface area contributed by atoms with E-state index < -0.39 is 0 Å². The van der Waals surface area contributed by atoms with Crippen molar-refractivity contribution in [1.82, 2.24) is 15.0 Å². The van der Waals surface area contributed by atoms with Gasteiger partial charge in [0.05, 0.1) is 12.7 Å². The van der Waals surface area contributed by atoms with Crippen molar-refractivity contribution in [2.45, 2.75) is 19.9 Å². The molecule has 2 rings (SSSR count). The predicted octanol–water partition coefficient (Wildman–Crippen LogP) is 0.925. The fraction of sp³-hybridized carbons (Fsp3) is 0.300. The second-order valence-electron chi connectivity index (χ2n) is 3.36. The summed E-state index contributed by atoms with van der Waals surface area (Å²) >= 11 is 0. The van der Waals surface area contributed by atoms with Gasteiger partial charge in [0.1, 0.15) is 23.7 Å². The number of hydrazine groups is 1. The van der Waals surface area contributed by atoms with Gasteiger partial charge in [-0.2, -0.15) is 0 Å². The van der Waals surface area contributed by atoms with Crippen molar-refractivity contribution in [2.75, 3.05) is 10.7 Å². The van der Waals surface area contributed by atoms with E-state index in [1.165, 1.54) is 6.33 Å². The molecule has 0 amide bonds. The van der Waals surface area contributed by atoms with Crippen LogP contribution in [-0.2, 0) is 13.0 Å². The van der Waals surface area contributed by atoms with Crippen molar-refractivity contribution in [2.24, 2.45) is 5.84 Å². The number of anilines is 2. The van der Waals surface area contributed by atoms with Crippen LogP contribution < -0.4 is 16.6 Å². The number of oxazole rings is 1. The first-order valence-electron chi connectivity index (χ1n) is 5.28. The first-order chi connectivity index (χ1) is 8.31. The van der Waals surface area contributed by atoms with E-state index in [1.807, 2.05) is 6.92 Å². The lowest BCUT2D eigenvalue weighted by Crippen LogP contribution is -2.10. The Morgan fingerprint density at radius 2 is 2.12 bits per heavy atom. The van der Waals surface area contributed by atoms with Crippen LogP contribution in [-0.4, -0.2) is 15.0 Å². The Morgan fingerprint density at radius 1 is 1.29 bits per heavy atom. The van der Waals surface area contributed by atoms with Crippen LogP contribution in [0.15, 0.2) is 23.0 Å². The average Bonchev–Trinajstić information content (AvgIpc) is 2.84. The third-order valence-corrected chi connectivity index (χ3v) is 2.19. The van der Waals surface area contributed by atoms with Gasteiger partial charge in [-0.05, 0) is 0 Å². The molecule has 0 aliphatic rings. The van der Waals surface area contributed by atoms with Gasteiger partial charge in [-0.3, -0.25) is 0 Å². The monoisotopic (exact) mass is 234 g/mol. The summed E-state index contributed by atoms with van der Waals surface area (Å²) in [5.74, 6) is 7.95. The lowest BCUT2D eigenvalue weighted by Gasteiger charge is -2.04. The molecule has 0 bridgehead atoms. The number of rotatable bonds is 5. The molecule has 7 nitrogen and oxygen atoms in total. The molecule has 0 saturated carbocycles. The maximum Gasteiger partial charge on any atom is 0.213 e. The molecule has 0 aromatic carbocycles. The van der Waals surface area contributed by atoms with Gasteiger partial charge in [0.15, 0.2) is 0 Å². The fourth-order valence-corrected chi connectivity index (χ4v) is 1.29. The summed E-state index contributed by atoms with van der Waals surface area (Å²) in [6.45, 7) is 2.49. The van der Waals surface area contributed by atoms with Gasteiger partial charge < -0.3 is 15.2 Å². The van der Waals surface area contributed by atoms with Gasteiger partial charge in [-0.15, -0.1) is 0 Å². The molecule has 90 valence electrons. The predicted molar refractivity (Wildman–Crippen MR) is 63.0 cm³/mol. The van der Waals surface area contributed by atoms with Crippen LogP contribution in [0.25, 0.3) is 0 Å². The SMILES string of the molecule is CCc1cnc(CNc2cc(NN)ncn2)o1. The summed E-state index contributed by atoms with van der Waals surface area (Å²) in [6.07, 6.45) is 3.98. The van der Waals surface area contributed by atoms with E-state index in [9.17, 15) is 0 Å². The normalized spacial score (nSPS) is 10.2. The van der Waals surface area contributed by atoms with Gasteiger partial charge in [0, 0.05) is 12.5 Å². The van der Waals surface area contributed by atoms with Crippen molar-refractivity contribution < 1.29 is 4.42 Å². The van der Waals surface area contributed by atoms with E-state index in [0.717, 1.165) is 12.2 Å². The highest BCUT2D eigenvalue weighted by molar-refractivity contribution is 5.45. The molecule has 2 aromatic heterocycles. The highest BCUT2D eigenvalue weighted by atomic mass is 16.4. The summed E-state index contributed by atoms with van der Waals surface area (Å²) in [6, 6.07) is 1.70. The highest BCUT2D eigenvalue weighted by Crippen LogP contribution is 2.10. The molecule has 2 heterocycles. The molecule has 0 spiro atoms. The Hall–Kier alpha value is -2.15. The maximum absolute atomic E-state index is 5.45. The van der Waals surface area contributed by atoms with Crippen molar-refractivity contribution in [3.05, 3.63) is 30.2 Å². The van der Waals surface area contributed by atoms with Gasteiger partial charge in [-0.25, -0.2) is 20.8 Å². The molecule has 0 unspecified atom stereocenters. The van der Waals surface area contributed by atoms with Gasteiger partial charge in [-0.1, -0.05) is 6.92 Å². The van der Waals surface area contributed by atoms with Crippen LogP contribution in [0.1, 0.15) is 18.6 Å². The van der Waals surface area contributed by atoms with Crippen molar-refractivity contribution in [3.8, 4) is 0 Å². The summed E-state index contributed by atoms with van der Waals surface area (Å²) in [5.41, 5.74) is 2.45. The molecule has 4 N–H and O–H groups in total. The molecule has 17 heavy (non-hydrogen) atoms. The zero-order chi connectivity index (χ0) is 12.1. The number of aryl methyl sites for hydroxylation is 1. The topological polar surface area (TPSA) is 102 Å². The van der Waals surface area contributed by atoms with E-state index in [0.29, 0.717) is 24.1 Å². The standard InChI is InChI=1S/C10H14N6O/c1-2-7-4-13-10(17-7)5-12-8-3-9(16-11)15-6-14-8/h3-4,6H,2,5,11H2,1H3,(H2,12,14,15,16). The quantitative estimate of drug-likeness (QED) is 0.522. The largest absolute Gasteiger partial charge is 0.444 e. The first kappa shape index (κ1) is 11.3. The Bertz CT molecular complexity index is 483. The molecule has 2 aromatic rings. The molecule has 0 saturated heterocycles. The molecular formula is C10H14N6O. The number of nitrogens with one attached hydrogen (secondary N) is 2. The van der Waals surface area contributed by atoms with Crippen molar-refractivity contribution >= 4 is 11.6 Å². The summed E-state index contributed by atoms with van der Waals surface area (Å²) in [7, 11) is 0. The molecule has 7 heteroatoms. The third kappa shape index (κ3) is 2.91. The Morgan fingerprint density at radius 3 is 2.82 bits per heavy atom. The minimum absolute atomic E-state index is 0.473. The second-order valence-corrected chi connectivity index (χ2v) is 3.36. The van der Waals surface area contributed by atoms with E-state index in [-0.39, 0.29) is 0 Å².